The van der Waals surface area contributed by atoms with Crippen molar-refractivity contribution in [2.24, 2.45) is 0 Å². The zero-order valence-electron chi connectivity index (χ0n) is 12.6. The zero-order valence-corrected chi connectivity index (χ0v) is 12.6. The smallest absolute Gasteiger partial charge is 0.311 e. The Kier molecular flexibility index (Phi) is 5.45. The van der Waals surface area contributed by atoms with E-state index in [1.807, 2.05) is 20.8 Å². The molecule has 8 nitrogen and oxygen atoms in total. The summed E-state index contributed by atoms with van der Waals surface area (Å²) in [6, 6.07) is 2.72. The van der Waals surface area contributed by atoms with Gasteiger partial charge in [0.1, 0.15) is 0 Å². The molecular formula is C13H20N4O4. The zero-order chi connectivity index (χ0) is 16.0. The fourth-order valence-corrected chi connectivity index (χ4v) is 1.60. The number of ether oxygens (including phenoxy) is 1. The molecule has 1 amide bonds. The van der Waals surface area contributed by atoms with Crippen LogP contribution in [0.3, 0.4) is 0 Å². The van der Waals surface area contributed by atoms with Crippen LogP contribution in [-0.2, 0) is 4.79 Å². The highest BCUT2D eigenvalue weighted by atomic mass is 16.6. The van der Waals surface area contributed by atoms with E-state index in [9.17, 15) is 14.9 Å². The number of anilines is 1. The van der Waals surface area contributed by atoms with Crippen LogP contribution in [0.25, 0.3) is 0 Å². The number of methoxy groups -OCH3 is 1. The molecule has 0 saturated heterocycles. The van der Waals surface area contributed by atoms with Gasteiger partial charge in [0, 0.05) is 30.6 Å². The van der Waals surface area contributed by atoms with Gasteiger partial charge in [-0.05, 0) is 20.8 Å². The minimum Gasteiger partial charge on any atom is -0.481 e. The number of hydrogen-bond donors (Lipinski definition) is 2. The van der Waals surface area contributed by atoms with Gasteiger partial charge in [-0.3, -0.25) is 14.9 Å². The molecule has 0 radical (unpaired) electrons. The topological polar surface area (TPSA) is 106 Å². The van der Waals surface area contributed by atoms with E-state index in [0.29, 0.717) is 0 Å². The van der Waals surface area contributed by atoms with Crippen molar-refractivity contribution in [2.45, 2.75) is 32.7 Å². The molecule has 0 atom stereocenters. The molecule has 8 heteroatoms. The van der Waals surface area contributed by atoms with Crippen LogP contribution in [0.1, 0.15) is 27.2 Å². The molecule has 1 rings (SSSR count). The third kappa shape index (κ3) is 5.64. The largest absolute Gasteiger partial charge is 0.481 e. The van der Waals surface area contributed by atoms with Crippen molar-refractivity contribution in [3.05, 3.63) is 22.2 Å². The second-order valence-corrected chi connectivity index (χ2v) is 5.45. The Hall–Kier alpha value is -2.38. The molecule has 0 unspecified atom stereocenters. The van der Waals surface area contributed by atoms with E-state index in [-0.39, 0.29) is 41.8 Å². The van der Waals surface area contributed by atoms with Crippen LogP contribution in [0.2, 0.25) is 0 Å². The summed E-state index contributed by atoms with van der Waals surface area (Å²) in [5.41, 5.74) is -0.468. The minimum absolute atomic E-state index is 0.0860. The molecule has 21 heavy (non-hydrogen) atoms. The van der Waals surface area contributed by atoms with Crippen LogP contribution >= 0.6 is 0 Å². The maximum absolute atomic E-state index is 11.7. The van der Waals surface area contributed by atoms with E-state index in [2.05, 4.69) is 15.6 Å². The normalized spacial score (nSPS) is 10.9. The Bertz CT molecular complexity index is 525. The molecule has 1 aromatic heterocycles. The summed E-state index contributed by atoms with van der Waals surface area (Å²) >= 11 is 0. The highest BCUT2D eigenvalue weighted by Gasteiger charge is 2.17. The molecule has 1 heterocycles. The van der Waals surface area contributed by atoms with Crippen LogP contribution in [0.4, 0.5) is 11.5 Å². The second-order valence-electron chi connectivity index (χ2n) is 5.45. The maximum atomic E-state index is 11.7. The van der Waals surface area contributed by atoms with Gasteiger partial charge in [0.15, 0.2) is 0 Å². The van der Waals surface area contributed by atoms with E-state index in [4.69, 9.17) is 4.74 Å². The minimum atomic E-state index is -0.538. The summed E-state index contributed by atoms with van der Waals surface area (Å²) < 4.78 is 4.93. The monoisotopic (exact) mass is 296 g/mol. The average molecular weight is 296 g/mol. The summed E-state index contributed by atoms with van der Waals surface area (Å²) in [6.45, 7) is 5.88. The lowest BCUT2D eigenvalue weighted by Crippen LogP contribution is -2.41. The van der Waals surface area contributed by atoms with Crippen LogP contribution in [0, 0.1) is 10.1 Å². The van der Waals surface area contributed by atoms with E-state index >= 15 is 0 Å². The van der Waals surface area contributed by atoms with Crippen LogP contribution in [0.15, 0.2) is 12.1 Å². The lowest BCUT2D eigenvalue weighted by Gasteiger charge is -2.20. The number of rotatable bonds is 6. The van der Waals surface area contributed by atoms with Crippen molar-refractivity contribution in [2.75, 3.05) is 19.0 Å². The summed E-state index contributed by atoms with van der Waals surface area (Å²) in [6.07, 6.45) is 0.188. The van der Waals surface area contributed by atoms with Crippen LogP contribution < -0.4 is 15.4 Å². The van der Waals surface area contributed by atoms with E-state index in [1.165, 1.54) is 19.2 Å². The molecule has 2 N–H and O–H groups in total. The van der Waals surface area contributed by atoms with Gasteiger partial charge in [-0.2, -0.15) is 4.98 Å². The SMILES string of the molecule is COc1ccc([N+](=O)[O-])c(NCCC(=O)NC(C)(C)C)n1. The molecular weight excluding hydrogens is 276 g/mol. The van der Waals surface area contributed by atoms with Crippen molar-refractivity contribution < 1.29 is 14.5 Å². The van der Waals surface area contributed by atoms with Gasteiger partial charge >= 0.3 is 5.69 Å². The Morgan fingerprint density at radius 3 is 2.62 bits per heavy atom. The fourth-order valence-electron chi connectivity index (χ4n) is 1.60. The lowest BCUT2D eigenvalue weighted by molar-refractivity contribution is -0.384. The third-order valence-corrected chi connectivity index (χ3v) is 2.41. The second kappa shape index (κ2) is 6.87. The maximum Gasteiger partial charge on any atom is 0.311 e. The first-order chi connectivity index (χ1) is 9.73. The number of nitrogens with one attached hydrogen (secondary N) is 2. The van der Waals surface area contributed by atoms with Crippen LogP contribution in [0.5, 0.6) is 5.88 Å². The summed E-state index contributed by atoms with van der Waals surface area (Å²) in [7, 11) is 1.43. The Morgan fingerprint density at radius 1 is 1.43 bits per heavy atom. The molecule has 0 bridgehead atoms. The summed E-state index contributed by atoms with van der Waals surface area (Å²) in [4.78, 5) is 26.0. The van der Waals surface area contributed by atoms with Crippen molar-refractivity contribution >= 4 is 17.4 Å². The Balaban J connectivity index is 2.66. The number of carbonyl (C=O) groups excluding carboxylic acids is 1. The number of carbonyl (C=O) groups is 1. The molecule has 0 aliphatic rings. The van der Waals surface area contributed by atoms with E-state index < -0.39 is 4.92 Å². The number of nitro groups is 1. The Labute approximate surface area is 123 Å². The van der Waals surface area contributed by atoms with Gasteiger partial charge in [0.05, 0.1) is 12.0 Å². The number of nitrogens with zero attached hydrogens (tertiary/aromatic N) is 2. The van der Waals surface area contributed by atoms with E-state index in [1.54, 1.807) is 0 Å². The molecule has 0 aliphatic heterocycles. The molecule has 0 aromatic carbocycles. The number of amides is 1. The van der Waals surface area contributed by atoms with Gasteiger partial charge in [0.2, 0.25) is 17.6 Å². The molecule has 1 aromatic rings. The van der Waals surface area contributed by atoms with Crippen molar-refractivity contribution in [3.8, 4) is 5.88 Å². The van der Waals surface area contributed by atoms with Gasteiger partial charge in [-0.25, -0.2) is 0 Å². The quantitative estimate of drug-likeness (QED) is 0.611. The molecule has 0 spiro atoms. The molecule has 0 fully saturated rings. The predicted octanol–water partition coefficient (Wildman–Crippen LogP) is 1.72. The number of pyridine rings is 1. The first-order valence-electron chi connectivity index (χ1n) is 6.47. The highest BCUT2D eigenvalue weighted by Crippen LogP contribution is 2.24. The van der Waals surface area contributed by atoms with Crippen LogP contribution in [-0.4, -0.2) is 35.0 Å². The van der Waals surface area contributed by atoms with Crippen molar-refractivity contribution in [1.29, 1.82) is 0 Å². The lowest BCUT2D eigenvalue weighted by atomic mass is 10.1. The summed E-state index contributed by atoms with van der Waals surface area (Å²) in [5.74, 6) is 0.214. The van der Waals surface area contributed by atoms with Crippen molar-refractivity contribution in [1.82, 2.24) is 10.3 Å². The van der Waals surface area contributed by atoms with Gasteiger partial charge in [-0.1, -0.05) is 0 Å². The summed E-state index contributed by atoms with van der Waals surface area (Å²) in [5, 5.41) is 16.5. The standard InChI is InChI=1S/C13H20N4O4/c1-13(2,3)16-10(18)7-8-14-12-9(17(19)20)5-6-11(15-12)21-4/h5-6H,7-8H2,1-4H3,(H,14,15)(H,16,18). The number of aromatic nitrogens is 1. The fraction of sp³-hybridized carbons (Fsp3) is 0.538. The number of hydrogen-bond acceptors (Lipinski definition) is 6. The molecule has 0 saturated carbocycles. The first-order valence-corrected chi connectivity index (χ1v) is 6.47. The first kappa shape index (κ1) is 16.7. The highest BCUT2D eigenvalue weighted by molar-refractivity contribution is 5.77. The molecule has 0 aliphatic carbocycles. The van der Waals surface area contributed by atoms with Gasteiger partial charge in [-0.15, -0.1) is 0 Å². The third-order valence-electron chi connectivity index (χ3n) is 2.41. The van der Waals surface area contributed by atoms with Crippen molar-refractivity contribution in [3.63, 3.8) is 0 Å². The molecule has 116 valence electrons. The van der Waals surface area contributed by atoms with E-state index in [0.717, 1.165) is 0 Å². The van der Waals surface area contributed by atoms with Gasteiger partial charge < -0.3 is 15.4 Å². The Morgan fingerprint density at radius 2 is 2.10 bits per heavy atom. The predicted molar refractivity (Wildman–Crippen MR) is 78.4 cm³/mol. The average Bonchev–Trinajstić information content (AvgIpc) is 2.36. The van der Waals surface area contributed by atoms with Gasteiger partial charge in [0.25, 0.3) is 0 Å².